The third-order valence-corrected chi connectivity index (χ3v) is 5.19. The molecule has 1 aliphatic heterocycles. The van der Waals surface area contributed by atoms with Crippen molar-refractivity contribution >= 4 is 6.09 Å². The highest BCUT2D eigenvalue weighted by molar-refractivity contribution is 5.70. The molecule has 26 heavy (non-hydrogen) atoms. The first-order valence-corrected chi connectivity index (χ1v) is 9.17. The molecule has 3 nitrogen and oxygen atoms in total. The molecule has 3 rings (SSSR count). The Kier molecular flexibility index (Phi) is 5.17. The normalized spacial score (nSPS) is 21.2. The predicted octanol–water partition coefficient (Wildman–Crippen LogP) is 5.76. The van der Waals surface area contributed by atoms with E-state index in [1.165, 1.54) is 5.56 Å². The molecule has 1 aliphatic rings. The number of cyclic esters (lactones) is 1. The molecular weight excluding hydrogens is 322 g/mol. The highest BCUT2D eigenvalue weighted by Crippen LogP contribution is 2.41. The standard InChI is InChI=1S/C23H27NO2/c1-17(2)16-23(21-8-6-5-7-9-21)14-15-24(22(25)26-23)19(4)20-12-10-18(3)11-13-20/h5-13,19H,1,14-16H2,2-4H3/t19-,23-/m0/s1. The molecule has 0 N–H and O–H groups in total. The molecule has 0 aliphatic carbocycles. The Hall–Kier alpha value is -2.55. The molecule has 2 aromatic carbocycles. The summed E-state index contributed by atoms with van der Waals surface area (Å²) < 4.78 is 6.08. The monoisotopic (exact) mass is 349 g/mol. The number of nitrogens with zero attached hydrogens (tertiary/aromatic N) is 1. The van der Waals surface area contributed by atoms with E-state index in [4.69, 9.17) is 4.74 Å². The summed E-state index contributed by atoms with van der Waals surface area (Å²) in [5, 5.41) is 0. The van der Waals surface area contributed by atoms with Crippen LogP contribution in [-0.4, -0.2) is 17.5 Å². The molecule has 1 heterocycles. The van der Waals surface area contributed by atoms with Crippen molar-refractivity contribution in [3.8, 4) is 0 Å². The lowest BCUT2D eigenvalue weighted by molar-refractivity contribution is -0.0602. The van der Waals surface area contributed by atoms with Crippen LogP contribution >= 0.6 is 0 Å². The van der Waals surface area contributed by atoms with Gasteiger partial charge in [0.25, 0.3) is 0 Å². The summed E-state index contributed by atoms with van der Waals surface area (Å²) in [7, 11) is 0. The van der Waals surface area contributed by atoms with Gasteiger partial charge >= 0.3 is 6.09 Å². The van der Waals surface area contributed by atoms with Crippen LogP contribution in [0.1, 0.15) is 49.4 Å². The maximum Gasteiger partial charge on any atom is 0.411 e. The Balaban J connectivity index is 1.84. The third-order valence-electron chi connectivity index (χ3n) is 5.19. The van der Waals surface area contributed by atoms with Crippen LogP contribution in [0.5, 0.6) is 0 Å². The number of rotatable bonds is 5. The summed E-state index contributed by atoms with van der Waals surface area (Å²) >= 11 is 0. The molecule has 1 amide bonds. The molecule has 1 fully saturated rings. The minimum Gasteiger partial charge on any atom is -0.437 e. The molecule has 2 atom stereocenters. The molecule has 3 heteroatoms. The van der Waals surface area contributed by atoms with E-state index in [1.807, 2.05) is 42.2 Å². The van der Waals surface area contributed by atoms with Crippen molar-refractivity contribution in [1.82, 2.24) is 4.90 Å². The summed E-state index contributed by atoms with van der Waals surface area (Å²) in [4.78, 5) is 14.7. The van der Waals surface area contributed by atoms with Crippen LogP contribution in [0, 0.1) is 6.92 Å². The highest BCUT2D eigenvalue weighted by atomic mass is 16.6. The first-order valence-electron chi connectivity index (χ1n) is 9.17. The Bertz CT molecular complexity index is 782. The molecular formula is C23H27NO2. The highest BCUT2D eigenvalue weighted by Gasteiger charge is 2.43. The van der Waals surface area contributed by atoms with Crippen LogP contribution in [-0.2, 0) is 10.3 Å². The molecule has 0 saturated carbocycles. The second-order valence-electron chi connectivity index (χ2n) is 7.39. The average molecular weight is 349 g/mol. The van der Waals surface area contributed by atoms with Crippen LogP contribution in [0.15, 0.2) is 66.7 Å². The maximum absolute atomic E-state index is 12.9. The van der Waals surface area contributed by atoms with E-state index in [1.54, 1.807) is 0 Å². The fourth-order valence-electron chi connectivity index (χ4n) is 3.70. The molecule has 0 aromatic heterocycles. The van der Waals surface area contributed by atoms with Crippen molar-refractivity contribution in [1.29, 1.82) is 0 Å². The Morgan fingerprint density at radius 3 is 2.42 bits per heavy atom. The number of hydrogen-bond acceptors (Lipinski definition) is 2. The van der Waals surface area contributed by atoms with Gasteiger partial charge in [-0.2, -0.15) is 0 Å². The van der Waals surface area contributed by atoms with Gasteiger partial charge in [-0.05, 0) is 31.9 Å². The van der Waals surface area contributed by atoms with Crippen LogP contribution < -0.4 is 0 Å². The SMILES string of the molecule is C=C(C)C[C@]1(c2ccccc2)CCN([C@@H](C)c2ccc(C)cc2)C(=O)O1. The van der Waals surface area contributed by atoms with Crippen LogP contribution in [0.4, 0.5) is 4.79 Å². The lowest BCUT2D eigenvalue weighted by Gasteiger charge is -2.43. The van der Waals surface area contributed by atoms with Gasteiger partial charge in [0.1, 0.15) is 5.60 Å². The van der Waals surface area contributed by atoms with Gasteiger partial charge in [-0.3, -0.25) is 0 Å². The largest absolute Gasteiger partial charge is 0.437 e. The molecule has 0 bridgehead atoms. The van der Waals surface area contributed by atoms with Crippen molar-refractivity contribution in [2.75, 3.05) is 6.54 Å². The van der Waals surface area contributed by atoms with Gasteiger partial charge in [0.05, 0.1) is 6.04 Å². The molecule has 2 aromatic rings. The number of carbonyl (C=O) groups excluding carboxylic acids is 1. The van der Waals surface area contributed by atoms with Gasteiger partial charge in [-0.15, -0.1) is 0 Å². The van der Waals surface area contributed by atoms with Crippen molar-refractivity contribution in [3.63, 3.8) is 0 Å². The lowest BCUT2D eigenvalue weighted by atomic mass is 9.83. The van der Waals surface area contributed by atoms with Gasteiger partial charge in [0.2, 0.25) is 0 Å². The first kappa shape index (κ1) is 18.2. The minimum absolute atomic E-state index is 0.0123. The summed E-state index contributed by atoms with van der Waals surface area (Å²) in [5.74, 6) is 0. The van der Waals surface area contributed by atoms with E-state index < -0.39 is 5.60 Å². The number of aryl methyl sites for hydroxylation is 1. The van der Waals surface area contributed by atoms with E-state index in [0.717, 1.165) is 23.1 Å². The number of amides is 1. The van der Waals surface area contributed by atoms with E-state index in [0.29, 0.717) is 13.0 Å². The van der Waals surface area contributed by atoms with Gasteiger partial charge in [0.15, 0.2) is 0 Å². The van der Waals surface area contributed by atoms with Gasteiger partial charge < -0.3 is 9.64 Å². The van der Waals surface area contributed by atoms with Gasteiger partial charge in [-0.1, -0.05) is 72.3 Å². The van der Waals surface area contributed by atoms with E-state index in [-0.39, 0.29) is 12.1 Å². The zero-order valence-corrected chi connectivity index (χ0v) is 15.9. The number of ether oxygens (including phenoxy) is 1. The van der Waals surface area contributed by atoms with Crippen LogP contribution in [0.3, 0.4) is 0 Å². The number of benzene rings is 2. The van der Waals surface area contributed by atoms with Crippen molar-refractivity contribution in [2.24, 2.45) is 0 Å². The maximum atomic E-state index is 12.9. The summed E-state index contributed by atoms with van der Waals surface area (Å²) in [6.07, 6.45) is 1.15. The van der Waals surface area contributed by atoms with Crippen LogP contribution in [0.2, 0.25) is 0 Å². The smallest absolute Gasteiger partial charge is 0.411 e. The quantitative estimate of drug-likeness (QED) is 0.642. The molecule has 1 saturated heterocycles. The number of hydrogen-bond donors (Lipinski definition) is 0. The number of carbonyl (C=O) groups is 1. The van der Waals surface area contributed by atoms with Crippen molar-refractivity contribution < 1.29 is 9.53 Å². The molecule has 0 spiro atoms. The van der Waals surface area contributed by atoms with Crippen LogP contribution in [0.25, 0.3) is 0 Å². The lowest BCUT2D eigenvalue weighted by Crippen LogP contribution is -2.48. The summed E-state index contributed by atoms with van der Waals surface area (Å²) in [5.41, 5.74) is 3.78. The van der Waals surface area contributed by atoms with Gasteiger partial charge in [-0.25, -0.2) is 4.79 Å². The van der Waals surface area contributed by atoms with Crippen molar-refractivity contribution in [3.05, 3.63) is 83.4 Å². The molecule has 0 unspecified atom stereocenters. The second-order valence-corrected chi connectivity index (χ2v) is 7.39. The third kappa shape index (κ3) is 3.67. The molecule has 0 radical (unpaired) electrons. The zero-order valence-electron chi connectivity index (χ0n) is 15.9. The fraction of sp³-hybridized carbons (Fsp3) is 0.348. The van der Waals surface area contributed by atoms with Gasteiger partial charge in [0, 0.05) is 19.4 Å². The molecule has 136 valence electrons. The predicted molar refractivity (Wildman–Crippen MR) is 105 cm³/mol. The average Bonchev–Trinajstić information content (AvgIpc) is 2.62. The Morgan fingerprint density at radius 2 is 1.85 bits per heavy atom. The summed E-state index contributed by atoms with van der Waals surface area (Å²) in [6, 6.07) is 18.4. The second kappa shape index (κ2) is 7.36. The Labute approximate surface area is 156 Å². The van der Waals surface area contributed by atoms with E-state index in [9.17, 15) is 4.79 Å². The first-order chi connectivity index (χ1) is 12.4. The van der Waals surface area contributed by atoms with Crippen molar-refractivity contribution in [2.45, 2.75) is 45.3 Å². The fourth-order valence-corrected chi connectivity index (χ4v) is 3.70. The summed E-state index contributed by atoms with van der Waals surface area (Å²) in [6.45, 7) is 10.8. The minimum atomic E-state index is -0.617. The topological polar surface area (TPSA) is 29.5 Å². The zero-order chi connectivity index (χ0) is 18.7. The Morgan fingerprint density at radius 1 is 1.19 bits per heavy atom. The van der Waals surface area contributed by atoms with E-state index >= 15 is 0 Å². The van der Waals surface area contributed by atoms with E-state index in [2.05, 4.69) is 44.7 Å².